The van der Waals surface area contributed by atoms with Gasteiger partial charge in [-0.15, -0.1) is 0 Å². The first-order chi connectivity index (χ1) is 7.97. The average Bonchev–Trinajstić information content (AvgIpc) is 2.24. The SMILES string of the molecule is CCOC(=O)CC(O)c1c(F)ccc(F)c1Cl. The lowest BCUT2D eigenvalue weighted by Gasteiger charge is -2.13. The van der Waals surface area contributed by atoms with Gasteiger partial charge < -0.3 is 9.84 Å². The molecule has 0 bridgehead atoms. The molecule has 1 rings (SSSR count). The molecule has 0 saturated heterocycles. The van der Waals surface area contributed by atoms with Gasteiger partial charge >= 0.3 is 5.97 Å². The fraction of sp³-hybridized carbons (Fsp3) is 0.364. The van der Waals surface area contributed by atoms with Gasteiger partial charge in [-0.3, -0.25) is 4.79 Å². The molecule has 0 amide bonds. The zero-order valence-corrected chi connectivity index (χ0v) is 9.80. The molecule has 0 aliphatic heterocycles. The summed E-state index contributed by atoms with van der Waals surface area (Å²) in [5.41, 5.74) is -0.431. The van der Waals surface area contributed by atoms with Crippen LogP contribution in [-0.4, -0.2) is 17.7 Å². The molecule has 1 N–H and O–H groups in total. The van der Waals surface area contributed by atoms with Crippen molar-refractivity contribution in [1.29, 1.82) is 0 Å². The van der Waals surface area contributed by atoms with Crippen molar-refractivity contribution < 1.29 is 23.4 Å². The fourth-order valence-corrected chi connectivity index (χ4v) is 1.61. The Morgan fingerprint density at radius 1 is 1.47 bits per heavy atom. The number of hydrogen-bond acceptors (Lipinski definition) is 3. The van der Waals surface area contributed by atoms with Gasteiger partial charge in [0.25, 0.3) is 0 Å². The summed E-state index contributed by atoms with van der Waals surface area (Å²) >= 11 is 5.53. The number of rotatable bonds is 4. The highest BCUT2D eigenvalue weighted by atomic mass is 35.5. The number of carbonyl (C=O) groups is 1. The van der Waals surface area contributed by atoms with Crippen molar-refractivity contribution >= 4 is 17.6 Å². The van der Waals surface area contributed by atoms with Crippen LogP contribution in [0.1, 0.15) is 25.0 Å². The molecular formula is C11H11ClF2O3. The highest BCUT2D eigenvalue weighted by molar-refractivity contribution is 6.31. The van der Waals surface area contributed by atoms with Gasteiger partial charge in [0, 0.05) is 5.56 Å². The predicted molar refractivity (Wildman–Crippen MR) is 57.6 cm³/mol. The number of ether oxygens (including phenoxy) is 1. The van der Waals surface area contributed by atoms with Crippen LogP contribution in [0.15, 0.2) is 12.1 Å². The van der Waals surface area contributed by atoms with E-state index >= 15 is 0 Å². The largest absolute Gasteiger partial charge is 0.466 e. The van der Waals surface area contributed by atoms with E-state index in [9.17, 15) is 18.7 Å². The summed E-state index contributed by atoms with van der Waals surface area (Å²) in [5, 5.41) is 9.09. The van der Waals surface area contributed by atoms with E-state index < -0.39 is 40.7 Å². The van der Waals surface area contributed by atoms with Crippen molar-refractivity contribution in [1.82, 2.24) is 0 Å². The average molecular weight is 265 g/mol. The van der Waals surface area contributed by atoms with E-state index in [1.165, 1.54) is 0 Å². The summed E-state index contributed by atoms with van der Waals surface area (Å²) in [4.78, 5) is 11.1. The maximum Gasteiger partial charge on any atom is 0.308 e. The van der Waals surface area contributed by atoms with Gasteiger partial charge in [-0.05, 0) is 19.1 Å². The molecule has 6 heteroatoms. The van der Waals surface area contributed by atoms with Crippen molar-refractivity contribution in [2.45, 2.75) is 19.4 Å². The van der Waals surface area contributed by atoms with E-state index in [4.69, 9.17) is 11.6 Å². The van der Waals surface area contributed by atoms with Gasteiger partial charge in [0.1, 0.15) is 11.6 Å². The summed E-state index contributed by atoms with van der Waals surface area (Å²) in [5.74, 6) is -2.43. The van der Waals surface area contributed by atoms with E-state index in [0.29, 0.717) is 0 Å². The van der Waals surface area contributed by atoms with Crippen molar-refractivity contribution in [3.05, 3.63) is 34.4 Å². The molecule has 0 aromatic heterocycles. The summed E-state index contributed by atoms with van der Waals surface area (Å²) in [7, 11) is 0. The smallest absolute Gasteiger partial charge is 0.308 e. The Morgan fingerprint density at radius 3 is 2.65 bits per heavy atom. The van der Waals surface area contributed by atoms with Crippen LogP contribution in [0.5, 0.6) is 0 Å². The first kappa shape index (κ1) is 13.9. The van der Waals surface area contributed by atoms with E-state index in [0.717, 1.165) is 12.1 Å². The van der Waals surface area contributed by atoms with E-state index in [2.05, 4.69) is 4.74 Å². The molecule has 0 radical (unpaired) electrons. The fourth-order valence-electron chi connectivity index (χ4n) is 1.33. The van der Waals surface area contributed by atoms with Crippen LogP contribution in [0.3, 0.4) is 0 Å². The van der Waals surface area contributed by atoms with E-state index in [-0.39, 0.29) is 6.61 Å². The molecular weight excluding hydrogens is 254 g/mol. The molecule has 0 saturated carbocycles. The number of halogens is 3. The minimum atomic E-state index is -1.53. The van der Waals surface area contributed by atoms with Crippen LogP contribution >= 0.6 is 11.6 Å². The maximum absolute atomic E-state index is 13.4. The van der Waals surface area contributed by atoms with Gasteiger partial charge in [-0.2, -0.15) is 0 Å². The highest BCUT2D eigenvalue weighted by Gasteiger charge is 2.22. The molecule has 0 aliphatic rings. The standard InChI is InChI=1S/C11H11ClF2O3/c1-2-17-9(16)5-8(15)10-6(13)3-4-7(14)11(10)12/h3-4,8,15H,2,5H2,1H3. The summed E-state index contributed by atoms with van der Waals surface area (Å²) < 4.78 is 31.0. The third kappa shape index (κ3) is 3.38. The molecule has 0 fully saturated rings. The minimum absolute atomic E-state index is 0.144. The van der Waals surface area contributed by atoms with Crippen molar-refractivity contribution in [2.24, 2.45) is 0 Å². The maximum atomic E-state index is 13.4. The van der Waals surface area contributed by atoms with Crippen LogP contribution in [0.4, 0.5) is 8.78 Å². The Morgan fingerprint density at radius 2 is 2.06 bits per heavy atom. The van der Waals surface area contributed by atoms with E-state index in [1.54, 1.807) is 6.92 Å². The molecule has 0 spiro atoms. The van der Waals surface area contributed by atoms with Crippen LogP contribution in [0.2, 0.25) is 5.02 Å². The topological polar surface area (TPSA) is 46.5 Å². The molecule has 94 valence electrons. The Hall–Kier alpha value is -1.20. The Kier molecular flexibility index (Phi) is 4.84. The molecule has 1 aromatic carbocycles. The first-order valence-electron chi connectivity index (χ1n) is 4.94. The summed E-state index contributed by atoms with van der Waals surface area (Å²) in [6, 6.07) is 1.68. The number of benzene rings is 1. The normalized spacial score (nSPS) is 12.3. The van der Waals surface area contributed by atoms with Crippen LogP contribution in [-0.2, 0) is 9.53 Å². The van der Waals surface area contributed by atoms with Gasteiger partial charge in [0.15, 0.2) is 0 Å². The Bertz CT molecular complexity index is 423. The molecule has 1 atom stereocenters. The lowest BCUT2D eigenvalue weighted by Crippen LogP contribution is -2.12. The predicted octanol–water partition coefficient (Wildman–Crippen LogP) is 2.60. The van der Waals surface area contributed by atoms with Gasteiger partial charge in [0.05, 0.1) is 24.2 Å². The van der Waals surface area contributed by atoms with Crippen molar-refractivity contribution in [3.8, 4) is 0 Å². The molecule has 0 aliphatic carbocycles. The van der Waals surface area contributed by atoms with Crippen molar-refractivity contribution in [3.63, 3.8) is 0 Å². The quantitative estimate of drug-likeness (QED) is 0.672. The van der Waals surface area contributed by atoms with Crippen LogP contribution in [0, 0.1) is 11.6 Å². The number of hydrogen-bond donors (Lipinski definition) is 1. The first-order valence-corrected chi connectivity index (χ1v) is 5.32. The summed E-state index contributed by atoms with van der Waals surface area (Å²) in [6.45, 7) is 1.74. The lowest BCUT2D eigenvalue weighted by molar-refractivity contribution is -0.145. The monoisotopic (exact) mass is 264 g/mol. The number of aliphatic hydroxyl groups is 1. The molecule has 1 unspecified atom stereocenters. The summed E-state index contributed by atoms with van der Waals surface area (Å²) in [6.07, 6.45) is -2.01. The highest BCUT2D eigenvalue weighted by Crippen LogP contribution is 2.30. The number of carbonyl (C=O) groups excluding carboxylic acids is 1. The second-order valence-corrected chi connectivity index (χ2v) is 3.66. The van der Waals surface area contributed by atoms with E-state index in [1.807, 2.05) is 0 Å². The second kappa shape index (κ2) is 5.93. The number of esters is 1. The Labute approximate surface area is 102 Å². The van der Waals surface area contributed by atoms with Crippen LogP contribution in [0.25, 0.3) is 0 Å². The third-order valence-corrected chi connectivity index (χ3v) is 2.46. The van der Waals surface area contributed by atoms with Crippen LogP contribution < -0.4 is 0 Å². The minimum Gasteiger partial charge on any atom is -0.466 e. The lowest BCUT2D eigenvalue weighted by atomic mass is 10.1. The molecule has 0 heterocycles. The number of aliphatic hydroxyl groups excluding tert-OH is 1. The molecule has 1 aromatic rings. The third-order valence-electron chi connectivity index (χ3n) is 2.08. The zero-order chi connectivity index (χ0) is 13.0. The van der Waals surface area contributed by atoms with Gasteiger partial charge in [-0.25, -0.2) is 8.78 Å². The Balaban J connectivity index is 2.92. The zero-order valence-electron chi connectivity index (χ0n) is 9.04. The van der Waals surface area contributed by atoms with Gasteiger partial charge in [-0.1, -0.05) is 11.6 Å². The van der Waals surface area contributed by atoms with Crippen molar-refractivity contribution in [2.75, 3.05) is 6.61 Å². The second-order valence-electron chi connectivity index (χ2n) is 3.28. The van der Waals surface area contributed by atoms with Gasteiger partial charge in [0.2, 0.25) is 0 Å². The molecule has 17 heavy (non-hydrogen) atoms. The molecule has 3 nitrogen and oxygen atoms in total.